The lowest BCUT2D eigenvalue weighted by Gasteiger charge is -2.00. The van der Waals surface area contributed by atoms with Gasteiger partial charge in [-0.2, -0.15) is 0 Å². The standard InChI is InChI=1S/C14H14Cl2N2S/c15-11-4-3-10(5-12(11)16)13-8-19-14(18-13)7-17-6-9-1-2-9/h3-5,8-9,17H,1-2,6-7H2. The minimum atomic E-state index is 0.570. The number of rotatable bonds is 5. The van der Waals surface area contributed by atoms with Gasteiger partial charge in [-0.3, -0.25) is 0 Å². The molecule has 1 heterocycles. The molecule has 0 amide bonds. The van der Waals surface area contributed by atoms with Gasteiger partial charge in [0.2, 0.25) is 0 Å². The quantitative estimate of drug-likeness (QED) is 0.871. The fraction of sp³-hybridized carbons (Fsp3) is 0.357. The van der Waals surface area contributed by atoms with Crippen LogP contribution in [0.1, 0.15) is 17.8 Å². The zero-order valence-corrected chi connectivity index (χ0v) is 12.7. The van der Waals surface area contributed by atoms with Crippen molar-refractivity contribution in [3.05, 3.63) is 38.6 Å². The van der Waals surface area contributed by atoms with E-state index in [2.05, 4.69) is 15.7 Å². The van der Waals surface area contributed by atoms with Gasteiger partial charge in [0.05, 0.1) is 15.7 Å². The highest BCUT2D eigenvalue weighted by atomic mass is 35.5. The van der Waals surface area contributed by atoms with Crippen LogP contribution in [0.5, 0.6) is 0 Å². The summed E-state index contributed by atoms with van der Waals surface area (Å²) in [5, 5.41) is 7.77. The van der Waals surface area contributed by atoms with E-state index in [-0.39, 0.29) is 0 Å². The van der Waals surface area contributed by atoms with Crippen LogP contribution in [0.2, 0.25) is 10.0 Å². The van der Waals surface area contributed by atoms with Gasteiger partial charge >= 0.3 is 0 Å². The lowest BCUT2D eigenvalue weighted by Crippen LogP contribution is -2.15. The van der Waals surface area contributed by atoms with Crippen molar-refractivity contribution in [1.29, 1.82) is 0 Å². The van der Waals surface area contributed by atoms with Gasteiger partial charge in [-0.15, -0.1) is 11.3 Å². The Morgan fingerprint density at radius 1 is 1.26 bits per heavy atom. The van der Waals surface area contributed by atoms with E-state index in [0.717, 1.165) is 35.3 Å². The van der Waals surface area contributed by atoms with Crippen LogP contribution in [-0.2, 0) is 6.54 Å². The maximum absolute atomic E-state index is 6.03. The van der Waals surface area contributed by atoms with Gasteiger partial charge in [0.15, 0.2) is 0 Å². The third-order valence-corrected chi connectivity index (χ3v) is 4.76. The highest BCUT2D eigenvalue weighted by molar-refractivity contribution is 7.09. The summed E-state index contributed by atoms with van der Waals surface area (Å²) in [6.45, 7) is 1.96. The molecule has 1 N–H and O–H groups in total. The average Bonchev–Trinajstić information content (AvgIpc) is 3.10. The Morgan fingerprint density at radius 3 is 2.84 bits per heavy atom. The van der Waals surface area contributed by atoms with E-state index >= 15 is 0 Å². The van der Waals surface area contributed by atoms with E-state index in [9.17, 15) is 0 Å². The summed E-state index contributed by atoms with van der Waals surface area (Å²) in [7, 11) is 0. The molecule has 3 rings (SSSR count). The zero-order chi connectivity index (χ0) is 13.2. The molecule has 1 aliphatic carbocycles. The molecule has 2 nitrogen and oxygen atoms in total. The number of halogens is 2. The first kappa shape index (κ1) is 13.4. The molecule has 0 unspecified atom stereocenters. The summed E-state index contributed by atoms with van der Waals surface area (Å²) < 4.78 is 0. The van der Waals surface area contributed by atoms with E-state index in [1.54, 1.807) is 11.3 Å². The van der Waals surface area contributed by atoms with Gasteiger partial charge in [-0.1, -0.05) is 29.3 Å². The SMILES string of the molecule is Clc1ccc(-c2csc(CNCC3CC3)n2)cc1Cl. The number of nitrogens with one attached hydrogen (secondary N) is 1. The molecule has 19 heavy (non-hydrogen) atoms. The molecule has 0 spiro atoms. The first-order chi connectivity index (χ1) is 9.22. The van der Waals surface area contributed by atoms with Gasteiger partial charge in [0.25, 0.3) is 0 Å². The van der Waals surface area contributed by atoms with Crippen molar-refractivity contribution in [2.75, 3.05) is 6.54 Å². The van der Waals surface area contributed by atoms with E-state index < -0.39 is 0 Å². The molecule has 1 saturated carbocycles. The Labute approximate surface area is 126 Å². The van der Waals surface area contributed by atoms with Crippen molar-refractivity contribution in [3.63, 3.8) is 0 Å². The summed E-state index contributed by atoms with van der Waals surface area (Å²) >= 11 is 13.6. The molecule has 100 valence electrons. The van der Waals surface area contributed by atoms with Gasteiger partial charge in [-0.05, 0) is 37.4 Å². The van der Waals surface area contributed by atoms with Gasteiger partial charge in [0, 0.05) is 17.5 Å². The molecule has 0 bridgehead atoms. The lowest BCUT2D eigenvalue weighted by atomic mass is 10.2. The average molecular weight is 313 g/mol. The predicted molar refractivity (Wildman–Crippen MR) is 82.0 cm³/mol. The highest BCUT2D eigenvalue weighted by Crippen LogP contribution is 2.30. The maximum Gasteiger partial charge on any atom is 0.107 e. The summed E-state index contributed by atoms with van der Waals surface area (Å²) in [6.07, 6.45) is 2.75. The second-order valence-corrected chi connectivity index (χ2v) is 6.59. The molecule has 0 aliphatic heterocycles. The molecule has 1 aliphatic rings. The topological polar surface area (TPSA) is 24.9 Å². The van der Waals surface area contributed by atoms with E-state index in [1.807, 2.05) is 18.2 Å². The predicted octanol–water partition coefficient (Wildman–Crippen LogP) is 4.62. The summed E-state index contributed by atoms with van der Waals surface area (Å²) in [5.74, 6) is 0.898. The van der Waals surface area contributed by atoms with Crippen LogP contribution in [0.3, 0.4) is 0 Å². The normalized spacial score (nSPS) is 14.8. The van der Waals surface area contributed by atoms with Crippen LogP contribution in [0.15, 0.2) is 23.6 Å². The monoisotopic (exact) mass is 312 g/mol. The second-order valence-electron chi connectivity index (χ2n) is 4.83. The van der Waals surface area contributed by atoms with Crippen LogP contribution in [0.4, 0.5) is 0 Å². The number of benzene rings is 1. The fourth-order valence-electron chi connectivity index (χ4n) is 1.89. The minimum absolute atomic E-state index is 0.570. The molecule has 1 aromatic heterocycles. The van der Waals surface area contributed by atoms with Gasteiger partial charge in [0.1, 0.15) is 5.01 Å². The van der Waals surface area contributed by atoms with Crippen LogP contribution in [0.25, 0.3) is 11.3 Å². The molecule has 1 aromatic carbocycles. The van der Waals surface area contributed by atoms with Gasteiger partial charge < -0.3 is 5.32 Å². The van der Waals surface area contributed by atoms with Crippen molar-refractivity contribution >= 4 is 34.5 Å². The summed E-state index contributed by atoms with van der Waals surface area (Å²) in [5.41, 5.74) is 1.98. The second kappa shape index (κ2) is 5.80. The largest absolute Gasteiger partial charge is 0.310 e. The molecule has 0 radical (unpaired) electrons. The highest BCUT2D eigenvalue weighted by Gasteiger charge is 2.20. The van der Waals surface area contributed by atoms with Crippen LogP contribution >= 0.6 is 34.5 Å². The van der Waals surface area contributed by atoms with E-state index in [1.165, 1.54) is 12.8 Å². The zero-order valence-electron chi connectivity index (χ0n) is 10.3. The third-order valence-electron chi connectivity index (χ3n) is 3.17. The van der Waals surface area contributed by atoms with Crippen molar-refractivity contribution in [2.45, 2.75) is 19.4 Å². The number of nitrogens with zero attached hydrogens (tertiary/aromatic N) is 1. The minimum Gasteiger partial charge on any atom is -0.310 e. The number of thiazole rings is 1. The van der Waals surface area contributed by atoms with Crippen LogP contribution < -0.4 is 5.32 Å². The first-order valence-electron chi connectivity index (χ1n) is 6.33. The van der Waals surface area contributed by atoms with Crippen LogP contribution in [-0.4, -0.2) is 11.5 Å². The van der Waals surface area contributed by atoms with Crippen molar-refractivity contribution in [2.24, 2.45) is 5.92 Å². The molecule has 1 fully saturated rings. The summed E-state index contributed by atoms with van der Waals surface area (Å²) in [6, 6.07) is 5.62. The molecular formula is C14H14Cl2N2S. The Bertz CT molecular complexity index is 579. The maximum atomic E-state index is 6.03. The lowest BCUT2D eigenvalue weighted by molar-refractivity contribution is 0.637. The Hall–Kier alpha value is -0.610. The van der Waals surface area contributed by atoms with Crippen molar-refractivity contribution < 1.29 is 0 Å². The molecule has 2 aromatic rings. The third kappa shape index (κ3) is 3.48. The number of hydrogen-bond donors (Lipinski definition) is 1. The van der Waals surface area contributed by atoms with Crippen LogP contribution in [0, 0.1) is 5.92 Å². The smallest absolute Gasteiger partial charge is 0.107 e. The Kier molecular flexibility index (Phi) is 4.08. The van der Waals surface area contributed by atoms with Crippen molar-refractivity contribution in [1.82, 2.24) is 10.3 Å². The molecular weight excluding hydrogens is 299 g/mol. The number of hydrogen-bond acceptors (Lipinski definition) is 3. The summed E-state index contributed by atoms with van der Waals surface area (Å²) in [4.78, 5) is 4.62. The fourth-order valence-corrected chi connectivity index (χ4v) is 2.96. The van der Waals surface area contributed by atoms with E-state index in [4.69, 9.17) is 23.2 Å². The molecule has 5 heteroatoms. The van der Waals surface area contributed by atoms with Crippen molar-refractivity contribution in [3.8, 4) is 11.3 Å². The van der Waals surface area contributed by atoms with E-state index in [0.29, 0.717) is 10.0 Å². The molecule has 0 atom stereocenters. The molecule has 0 saturated heterocycles. The van der Waals surface area contributed by atoms with Gasteiger partial charge in [-0.25, -0.2) is 4.98 Å². The Morgan fingerprint density at radius 2 is 2.11 bits per heavy atom. The Balaban J connectivity index is 1.67. The first-order valence-corrected chi connectivity index (χ1v) is 7.96. The number of aromatic nitrogens is 1.